The summed E-state index contributed by atoms with van der Waals surface area (Å²) in [5.41, 5.74) is -0.0412. The first kappa shape index (κ1) is 14.9. The van der Waals surface area contributed by atoms with E-state index in [9.17, 15) is 13.6 Å². The van der Waals surface area contributed by atoms with E-state index in [1.54, 1.807) is 6.07 Å². The maximum absolute atomic E-state index is 14.7. The summed E-state index contributed by atoms with van der Waals surface area (Å²) in [5, 5.41) is 9.38. The van der Waals surface area contributed by atoms with E-state index in [1.807, 2.05) is 0 Å². The third-order valence-electron chi connectivity index (χ3n) is 3.46. The number of halogens is 2. The maximum Gasteiger partial charge on any atom is 0.335 e. The fourth-order valence-electron chi connectivity index (χ4n) is 2.38. The molecule has 0 aliphatic rings. The zero-order valence-corrected chi connectivity index (χ0v) is 12.0. The van der Waals surface area contributed by atoms with Gasteiger partial charge in [0.1, 0.15) is 11.5 Å². The molecule has 1 aromatic heterocycles. The van der Waals surface area contributed by atoms with Crippen molar-refractivity contribution in [3.8, 4) is 17.0 Å². The molecule has 116 valence electrons. The van der Waals surface area contributed by atoms with Gasteiger partial charge in [-0.3, -0.25) is 0 Å². The lowest BCUT2D eigenvalue weighted by molar-refractivity contribution is 0.0697. The predicted octanol–water partition coefficient (Wildman–Crippen LogP) is 3.89. The Balaban J connectivity index is 2.36. The van der Waals surface area contributed by atoms with E-state index in [1.165, 1.54) is 43.5 Å². The Bertz CT molecular complexity index is 925. The summed E-state index contributed by atoms with van der Waals surface area (Å²) in [4.78, 5) is 15.2. The van der Waals surface area contributed by atoms with Crippen LogP contribution in [0.5, 0.6) is 5.75 Å². The van der Waals surface area contributed by atoms with Gasteiger partial charge in [0.15, 0.2) is 11.6 Å². The molecule has 0 unspecified atom stereocenters. The number of methoxy groups -OCH3 is 1. The van der Waals surface area contributed by atoms with Gasteiger partial charge in [-0.2, -0.15) is 0 Å². The Labute approximate surface area is 130 Å². The second-order valence-corrected chi connectivity index (χ2v) is 4.82. The number of aromatic carboxylic acids is 1. The second kappa shape index (κ2) is 5.64. The number of hydrogen-bond acceptors (Lipinski definition) is 3. The molecule has 23 heavy (non-hydrogen) atoms. The molecule has 0 aliphatic heterocycles. The molecule has 0 amide bonds. The van der Waals surface area contributed by atoms with Gasteiger partial charge in [-0.15, -0.1) is 0 Å². The van der Waals surface area contributed by atoms with E-state index in [-0.39, 0.29) is 28.1 Å². The molecule has 2 aromatic carbocycles. The summed E-state index contributed by atoms with van der Waals surface area (Å²) < 4.78 is 33.7. The number of nitrogens with zero attached hydrogens (tertiary/aromatic N) is 1. The van der Waals surface area contributed by atoms with Crippen LogP contribution in [0, 0.1) is 11.6 Å². The molecule has 0 atom stereocenters. The number of ether oxygens (including phenoxy) is 1. The van der Waals surface area contributed by atoms with Crippen molar-refractivity contribution in [2.75, 3.05) is 7.11 Å². The molecule has 0 aliphatic carbocycles. The number of pyridine rings is 1. The minimum Gasteiger partial charge on any atom is -0.493 e. The molecule has 0 saturated heterocycles. The molecule has 1 heterocycles. The SMILES string of the molecule is COc1c(F)c(-c2ccccc2F)nc2cc(C(=O)O)ccc12. The molecular weight excluding hydrogens is 304 g/mol. The third-order valence-corrected chi connectivity index (χ3v) is 3.46. The fourth-order valence-corrected chi connectivity index (χ4v) is 2.38. The van der Waals surface area contributed by atoms with Crippen LogP contribution in [0.25, 0.3) is 22.2 Å². The van der Waals surface area contributed by atoms with Crippen molar-refractivity contribution in [1.82, 2.24) is 4.98 Å². The van der Waals surface area contributed by atoms with E-state index in [4.69, 9.17) is 9.84 Å². The largest absolute Gasteiger partial charge is 0.493 e. The number of carboxylic acids is 1. The van der Waals surface area contributed by atoms with E-state index in [0.717, 1.165) is 0 Å². The Morgan fingerprint density at radius 3 is 2.57 bits per heavy atom. The topological polar surface area (TPSA) is 59.4 Å². The third kappa shape index (κ3) is 2.48. The second-order valence-electron chi connectivity index (χ2n) is 4.82. The van der Waals surface area contributed by atoms with E-state index in [2.05, 4.69) is 4.98 Å². The van der Waals surface area contributed by atoms with Gasteiger partial charge in [-0.25, -0.2) is 18.6 Å². The van der Waals surface area contributed by atoms with Gasteiger partial charge in [-0.05, 0) is 30.3 Å². The number of aromatic nitrogens is 1. The highest BCUT2D eigenvalue weighted by Crippen LogP contribution is 2.35. The molecule has 4 nitrogen and oxygen atoms in total. The van der Waals surface area contributed by atoms with E-state index in [0.29, 0.717) is 5.39 Å². The zero-order chi connectivity index (χ0) is 16.6. The average Bonchev–Trinajstić information content (AvgIpc) is 2.54. The molecule has 0 saturated carbocycles. The van der Waals surface area contributed by atoms with Crippen molar-refractivity contribution < 1.29 is 23.4 Å². The molecule has 6 heteroatoms. The first-order valence-corrected chi connectivity index (χ1v) is 6.68. The summed E-state index contributed by atoms with van der Waals surface area (Å²) in [5.74, 6) is -2.67. The predicted molar refractivity (Wildman–Crippen MR) is 80.6 cm³/mol. The fraction of sp³-hybridized carbons (Fsp3) is 0.0588. The zero-order valence-electron chi connectivity index (χ0n) is 12.0. The van der Waals surface area contributed by atoms with Crippen molar-refractivity contribution in [3.05, 3.63) is 59.7 Å². The quantitative estimate of drug-likeness (QED) is 0.796. The van der Waals surface area contributed by atoms with Gasteiger partial charge >= 0.3 is 5.97 Å². The van der Waals surface area contributed by atoms with Gasteiger partial charge in [0, 0.05) is 10.9 Å². The number of fused-ring (bicyclic) bond motifs is 1. The van der Waals surface area contributed by atoms with Gasteiger partial charge in [-0.1, -0.05) is 12.1 Å². The summed E-state index contributed by atoms with van der Waals surface area (Å²) in [6, 6.07) is 9.68. The van der Waals surface area contributed by atoms with E-state index >= 15 is 0 Å². The molecule has 1 N–H and O–H groups in total. The van der Waals surface area contributed by atoms with Crippen LogP contribution < -0.4 is 4.74 Å². The first-order valence-electron chi connectivity index (χ1n) is 6.68. The molecular formula is C17H11F2NO3. The van der Waals surface area contributed by atoms with Crippen LogP contribution >= 0.6 is 0 Å². The van der Waals surface area contributed by atoms with Crippen molar-refractivity contribution >= 4 is 16.9 Å². The van der Waals surface area contributed by atoms with Crippen LogP contribution in [0.2, 0.25) is 0 Å². The number of carbonyl (C=O) groups is 1. The Kier molecular flexibility index (Phi) is 3.65. The number of rotatable bonds is 3. The summed E-state index contributed by atoms with van der Waals surface area (Å²) in [6.07, 6.45) is 0. The lowest BCUT2D eigenvalue weighted by Gasteiger charge is -2.12. The molecule has 0 radical (unpaired) electrons. The van der Waals surface area contributed by atoms with Crippen LogP contribution in [-0.2, 0) is 0 Å². The highest BCUT2D eigenvalue weighted by molar-refractivity contribution is 5.96. The monoisotopic (exact) mass is 315 g/mol. The Morgan fingerprint density at radius 2 is 1.91 bits per heavy atom. The molecule has 0 spiro atoms. The smallest absolute Gasteiger partial charge is 0.335 e. The normalized spacial score (nSPS) is 10.7. The summed E-state index contributed by atoms with van der Waals surface area (Å²) >= 11 is 0. The highest BCUT2D eigenvalue weighted by Gasteiger charge is 2.20. The molecule has 3 aromatic rings. The van der Waals surface area contributed by atoms with Gasteiger partial charge in [0.2, 0.25) is 0 Å². The summed E-state index contributed by atoms with van der Waals surface area (Å²) in [7, 11) is 1.29. The summed E-state index contributed by atoms with van der Waals surface area (Å²) in [6.45, 7) is 0. The van der Waals surface area contributed by atoms with Crippen LogP contribution in [0.1, 0.15) is 10.4 Å². The Hall–Kier alpha value is -3.02. The first-order chi connectivity index (χ1) is 11.0. The van der Waals surface area contributed by atoms with Crippen LogP contribution in [0.4, 0.5) is 8.78 Å². The van der Waals surface area contributed by atoms with Crippen molar-refractivity contribution in [1.29, 1.82) is 0 Å². The Morgan fingerprint density at radius 1 is 1.17 bits per heavy atom. The van der Waals surface area contributed by atoms with Gasteiger partial charge in [0.05, 0.1) is 18.2 Å². The van der Waals surface area contributed by atoms with Crippen molar-refractivity contribution in [2.24, 2.45) is 0 Å². The molecule has 3 rings (SSSR count). The van der Waals surface area contributed by atoms with Crippen LogP contribution in [0.3, 0.4) is 0 Å². The van der Waals surface area contributed by atoms with Gasteiger partial charge in [0.25, 0.3) is 0 Å². The lowest BCUT2D eigenvalue weighted by Crippen LogP contribution is -2.01. The maximum atomic E-state index is 14.7. The number of carboxylic acid groups (broad SMARTS) is 1. The standard InChI is InChI=1S/C17H11F2NO3/c1-23-16-11-7-6-9(17(21)22)8-13(11)20-15(14(16)19)10-4-2-3-5-12(10)18/h2-8H,1H3,(H,21,22). The van der Waals surface area contributed by atoms with Crippen molar-refractivity contribution in [3.63, 3.8) is 0 Å². The average molecular weight is 315 g/mol. The van der Waals surface area contributed by atoms with Crippen LogP contribution in [0.15, 0.2) is 42.5 Å². The minimum absolute atomic E-state index is 0.00172. The lowest BCUT2D eigenvalue weighted by atomic mass is 10.1. The van der Waals surface area contributed by atoms with E-state index < -0.39 is 17.6 Å². The van der Waals surface area contributed by atoms with Crippen LogP contribution in [-0.4, -0.2) is 23.2 Å². The minimum atomic E-state index is -1.13. The van der Waals surface area contributed by atoms with Crippen molar-refractivity contribution in [2.45, 2.75) is 0 Å². The number of benzene rings is 2. The molecule has 0 fully saturated rings. The highest BCUT2D eigenvalue weighted by atomic mass is 19.1. The van der Waals surface area contributed by atoms with Gasteiger partial charge < -0.3 is 9.84 Å². The number of hydrogen-bond donors (Lipinski definition) is 1. The molecule has 0 bridgehead atoms.